The molecule has 170 valence electrons. The normalized spacial score (nSPS) is 10.7. The molecule has 0 spiro atoms. The van der Waals surface area contributed by atoms with Crippen LogP contribution in [0, 0.1) is 13.8 Å². The smallest absolute Gasteiger partial charge is 0.150 e. The zero-order chi connectivity index (χ0) is 24.2. The SMILES string of the molecule is Cc1ccc(-c2ccc(N(c3ccc(C=O)cc3)c3ccc(-c4ccc(C)cc4)cc3)cc2)cc1. The van der Waals surface area contributed by atoms with Gasteiger partial charge in [-0.1, -0.05) is 83.9 Å². The van der Waals surface area contributed by atoms with E-state index in [-0.39, 0.29) is 0 Å². The lowest BCUT2D eigenvalue weighted by Crippen LogP contribution is -2.09. The van der Waals surface area contributed by atoms with E-state index >= 15 is 0 Å². The van der Waals surface area contributed by atoms with E-state index in [9.17, 15) is 4.79 Å². The van der Waals surface area contributed by atoms with Crippen molar-refractivity contribution in [2.75, 3.05) is 4.90 Å². The Hall–Kier alpha value is -4.43. The summed E-state index contributed by atoms with van der Waals surface area (Å²) in [6.07, 6.45) is 0.876. The van der Waals surface area contributed by atoms with Crippen LogP contribution in [0.25, 0.3) is 22.3 Å². The average Bonchev–Trinajstić information content (AvgIpc) is 2.91. The van der Waals surface area contributed by atoms with E-state index in [1.165, 1.54) is 33.4 Å². The Kier molecular flexibility index (Phi) is 6.28. The minimum Gasteiger partial charge on any atom is -0.311 e. The summed E-state index contributed by atoms with van der Waals surface area (Å²) in [4.78, 5) is 13.4. The highest BCUT2D eigenvalue weighted by Crippen LogP contribution is 2.36. The van der Waals surface area contributed by atoms with Crippen LogP contribution in [0.4, 0.5) is 17.1 Å². The molecule has 0 aliphatic heterocycles. The second-order valence-electron chi connectivity index (χ2n) is 8.87. The van der Waals surface area contributed by atoms with Gasteiger partial charge >= 0.3 is 0 Å². The fourth-order valence-electron chi connectivity index (χ4n) is 4.25. The number of hydrogen-bond acceptors (Lipinski definition) is 2. The summed E-state index contributed by atoms with van der Waals surface area (Å²) < 4.78 is 0. The van der Waals surface area contributed by atoms with Crippen molar-refractivity contribution in [2.45, 2.75) is 13.8 Å². The Balaban J connectivity index is 1.52. The van der Waals surface area contributed by atoms with Gasteiger partial charge in [-0.05, 0) is 84.6 Å². The first-order chi connectivity index (χ1) is 17.1. The fourth-order valence-corrected chi connectivity index (χ4v) is 4.25. The zero-order valence-electron chi connectivity index (χ0n) is 20.0. The molecule has 5 rings (SSSR count). The summed E-state index contributed by atoms with van der Waals surface area (Å²) in [5.74, 6) is 0. The number of carbonyl (C=O) groups is 1. The van der Waals surface area contributed by atoms with Crippen molar-refractivity contribution in [1.82, 2.24) is 0 Å². The molecule has 0 N–H and O–H groups in total. The lowest BCUT2D eigenvalue weighted by Gasteiger charge is -2.26. The number of carbonyl (C=O) groups excluding carboxylic acids is 1. The summed E-state index contributed by atoms with van der Waals surface area (Å²) in [7, 11) is 0. The summed E-state index contributed by atoms with van der Waals surface area (Å²) in [5.41, 5.74) is 11.1. The van der Waals surface area contributed by atoms with E-state index in [0.717, 1.165) is 23.3 Å². The molecule has 0 radical (unpaired) electrons. The second kappa shape index (κ2) is 9.82. The number of anilines is 3. The molecule has 0 saturated carbocycles. The van der Waals surface area contributed by atoms with E-state index in [0.29, 0.717) is 5.56 Å². The standard InChI is InChI=1S/C33H27NO/c1-24-3-9-27(10-4-24)29-13-19-32(20-14-29)34(31-17-7-26(23-35)8-18-31)33-21-15-30(16-22-33)28-11-5-25(2)6-12-28/h3-23H,1-2H3. The molecule has 0 aliphatic carbocycles. The van der Waals surface area contributed by atoms with Crippen LogP contribution in [-0.4, -0.2) is 6.29 Å². The minimum atomic E-state index is 0.665. The minimum absolute atomic E-state index is 0.665. The first kappa shape index (κ1) is 22.4. The van der Waals surface area contributed by atoms with Gasteiger partial charge in [-0.3, -0.25) is 4.79 Å². The van der Waals surface area contributed by atoms with Gasteiger partial charge in [-0.25, -0.2) is 0 Å². The number of aldehydes is 1. The molecule has 0 heterocycles. The van der Waals surface area contributed by atoms with Crippen molar-refractivity contribution < 1.29 is 4.79 Å². The molecule has 0 atom stereocenters. The molecular weight excluding hydrogens is 426 g/mol. The lowest BCUT2D eigenvalue weighted by molar-refractivity contribution is 0.112. The molecule has 0 bridgehead atoms. The highest BCUT2D eigenvalue weighted by molar-refractivity contribution is 5.82. The van der Waals surface area contributed by atoms with Crippen LogP contribution in [0.3, 0.4) is 0 Å². The Labute approximate surface area is 207 Å². The van der Waals surface area contributed by atoms with E-state index < -0.39 is 0 Å². The van der Waals surface area contributed by atoms with Crippen LogP contribution in [-0.2, 0) is 0 Å². The highest BCUT2D eigenvalue weighted by Gasteiger charge is 2.13. The molecule has 35 heavy (non-hydrogen) atoms. The fraction of sp³-hybridized carbons (Fsp3) is 0.0606. The average molecular weight is 454 g/mol. The highest BCUT2D eigenvalue weighted by atomic mass is 16.1. The summed E-state index contributed by atoms with van der Waals surface area (Å²) in [6.45, 7) is 4.20. The van der Waals surface area contributed by atoms with Gasteiger partial charge in [0.1, 0.15) is 6.29 Å². The number of nitrogens with zero attached hydrogens (tertiary/aromatic N) is 1. The van der Waals surface area contributed by atoms with Crippen LogP contribution < -0.4 is 4.90 Å². The Bertz CT molecular complexity index is 1330. The largest absolute Gasteiger partial charge is 0.311 e. The van der Waals surface area contributed by atoms with Crippen LogP contribution in [0.5, 0.6) is 0 Å². The molecule has 0 saturated heterocycles. The van der Waals surface area contributed by atoms with Crippen molar-refractivity contribution in [2.24, 2.45) is 0 Å². The van der Waals surface area contributed by atoms with E-state index in [1.807, 2.05) is 24.3 Å². The maximum absolute atomic E-state index is 11.2. The molecule has 0 fully saturated rings. The Morgan fingerprint density at radius 2 is 0.714 bits per heavy atom. The number of hydrogen-bond donors (Lipinski definition) is 0. The van der Waals surface area contributed by atoms with E-state index in [1.54, 1.807) is 0 Å². The van der Waals surface area contributed by atoms with Gasteiger partial charge in [0, 0.05) is 22.6 Å². The van der Waals surface area contributed by atoms with Gasteiger partial charge in [0.15, 0.2) is 0 Å². The number of aryl methyl sites for hydroxylation is 2. The van der Waals surface area contributed by atoms with Crippen molar-refractivity contribution in [1.29, 1.82) is 0 Å². The van der Waals surface area contributed by atoms with Crippen molar-refractivity contribution in [3.8, 4) is 22.3 Å². The molecule has 0 aromatic heterocycles. The van der Waals surface area contributed by atoms with Crippen molar-refractivity contribution in [3.05, 3.63) is 138 Å². The molecule has 2 heteroatoms. The molecule has 0 aliphatic rings. The van der Waals surface area contributed by atoms with Crippen LogP contribution in [0.15, 0.2) is 121 Å². The number of rotatable bonds is 6. The first-order valence-corrected chi connectivity index (χ1v) is 11.8. The third kappa shape index (κ3) is 4.92. The Morgan fingerprint density at radius 1 is 0.429 bits per heavy atom. The molecule has 0 unspecified atom stereocenters. The molecule has 2 nitrogen and oxygen atoms in total. The van der Waals surface area contributed by atoms with Crippen LogP contribution in [0.2, 0.25) is 0 Å². The molecule has 5 aromatic carbocycles. The van der Waals surface area contributed by atoms with Crippen LogP contribution >= 0.6 is 0 Å². The van der Waals surface area contributed by atoms with E-state index in [2.05, 4.69) is 116 Å². The van der Waals surface area contributed by atoms with E-state index in [4.69, 9.17) is 0 Å². The van der Waals surface area contributed by atoms with Gasteiger partial charge in [-0.2, -0.15) is 0 Å². The molecule has 5 aromatic rings. The summed E-state index contributed by atoms with van der Waals surface area (Å²) >= 11 is 0. The quantitative estimate of drug-likeness (QED) is 0.239. The van der Waals surface area contributed by atoms with Crippen molar-refractivity contribution >= 4 is 23.3 Å². The predicted molar refractivity (Wildman–Crippen MR) is 147 cm³/mol. The Morgan fingerprint density at radius 3 is 1.03 bits per heavy atom. The maximum Gasteiger partial charge on any atom is 0.150 e. The van der Waals surface area contributed by atoms with Gasteiger partial charge in [0.05, 0.1) is 0 Å². The zero-order valence-corrected chi connectivity index (χ0v) is 20.0. The third-order valence-electron chi connectivity index (χ3n) is 6.31. The molecular formula is C33H27NO. The molecule has 0 amide bonds. The lowest BCUT2D eigenvalue weighted by atomic mass is 10.0. The number of benzene rings is 5. The first-order valence-electron chi connectivity index (χ1n) is 11.8. The van der Waals surface area contributed by atoms with Gasteiger partial charge < -0.3 is 4.90 Å². The predicted octanol–water partition coefficient (Wildman–Crippen LogP) is 8.92. The van der Waals surface area contributed by atoms with Gasteiger partial charge in [0.2, 0.25) is 0 Å². The summed E-state index contributed by atoms with van der Waals surface area (Å²) in [5, 5.41) is 0. The maximum atomic E-state index is 11.2. The van der Waals surface area contributed by atoms with Crippen LogP contribution in [0.1, 0.15) is 21.5 Å². The third-order valence-corrected chi connectivity index (χ3v) is 6.31. The summed E-state index contributed by atoms with van der Waals surface area (Å²) in [6, 6.07) is 42.1. The topological polar surface area (TPSA) is 20.3 Å². The monoisotopic (exact) mass is 453 g/mol. The van der Waals surface area contributed by atoms with Crippen molar-refractivity contribution in [3.63, 3.8) is 0 Å². The van der Waals surface area contributed by atoms with Gasteiger partial charge in [-0.15, -0.1) is 0 Å². The second-order valence-corrected chi connectivity index (χ2v) is 8.87. The van der Waals surface area contributed by atoms with Gasteiger partial charge in [0.25, 0.3) is 0 Å².